The zero-order chi connectivity index (χ0) is 10.7. The van der Waals surface area contributed by atoms with E-state index in [9.17, 15) is 0 Å². The lowest BCUT2D eigenvalue weighted by atomic mass is 9.78. The fraction of sp³-hybridized carbons (Fsp3) is 0.429. The molecule has 1 atom stereocenters. The van der Waals surface area contributed by atoms with E-state index in [2.05, 4.69) is 30.8 Å². The van der Waals surface area contributed by atoms with Crippen LogP contribution in [-0.2, 0) is 6.42 Å². The van der Waals surface area contributed by atoms with Crippen LogP contribution in [0, 0.1) is 0 Å². The normalized spacial score (nSPS) is 19.7. The van der Waals surface area contributed by atoms with Crippen molar-refractivity contribution in [2.45, 2.75) is 31.6 Å². The summed E-state index contributed by atoms with van der Waals surface area (Å²) in [6, 6.07) is 8.76. The quantitative estimate of drug-likeness (QED) is 0.747. The molecule has 0 fully saturated rings. The first-order valence-corrected chi connectivity index (χ1v) is 5.78. The minimum absolute atomic E-state index is 0.554. The molecule has 80 valence electrons. The van der Waals surface area contributed by atoms with Crippen LogP contribution in [-0.4, -0.2) is 6.54 Å². The van der Waals surface area contributed by atoms with Crippen LogP contribution in [0.25, 0.3) is 0 Å². The molecular formula is C14H19N. The van der Waals surface area contributed by atoms with Crippen LogP contribution in [0.1, 0.15) is 36.3 Å². The number of hydrogen-bond acceptors (Lipinski definition) is 1. The van der Waals surface area contributed by atoms with Crippen LogP contribution < -0.4 is 5.73 Å². The maximum Gasteiger partial charge on any atom is 0.00488 e. The second-order valence-electron chi connectivity index (χ2n) is 4.34. The Morgan fingerprint density at radius 2 is 2.20 bits per heavy atom. The number of hydrogen-bond donors (Lipinski definition) is 1. The van der Waals surface area contributed by atoms with Crippen LogP contribution in [0.15, 0.2) is 36.4 Å². The lowest BCUT2D eigenvalue weighted by molar-refractivity contribution is 0.594. The van der Waals surface area contributed by atoms with E-state index in [1.807, 2.05) is 0 Å². The summed E-state index contributed by atoms with van der Waals surface area (Å²) in [5, 5.41) is 0. The van der Waals surface area contributed by atoms with Gasteiger partial charge in [0.15, 0.2) is 0 Å². The van der Waals surface area contributed by atoms with Gasteiger partial charge in [0.05, 0.1) is 0 Å². The molecule has 1 aromatic rings. The van der Waals surface area contributed by atoms with E-state index in [4.69, 9.17) is 5.73 Å². The Balaban J connectivity index is 2.25. The van der Waals surface area contributed by atoms with Gasteiger partial charge >= 0.3 is 0 Å². The van der Waals surface area contributed by atoms with E-state index < -0.39 is 0 Å². The summed E-state index contributed by atoms with van der Waals surface area (Å²) >= 11 is 0. The van der Waals surface area contributed by atoms with Crippen molar-refractivity contribution in [1.82, 2.24) is 0 Å². The van der Waals surface area contributed by atoms with Gasteiger partial charge in [-0.15, -0.1) is 0 Å². The molecule has 1 heteroatoms. The SMILES string of the molecule is C=C(CCN)C1CCCc2ccccc21. The minimum atomic E-state index is 0.554. The Morgan fingerprint density at radius 3 is 3.00 bits per heavy atom. The van der Waals surface area contributed by atoms with Crippen molar-refractivity contribution in [2.24, 2.45) is 5.73 Å². The Bertz CT molecular complexity index is 354. The summed E-state index contributed by atoms with van der Waals surface area (Å²) in [7, 11) is 0. The van der Waals surface area contributed by atoms with Gasteiger partial charge in [-0.3, -0.25) is 0 Å². The van der Waals surface area contributed by atoms with Crippen molar-refractivity contribution >= 4 is 0 Å². The third kappa shape index (κ3) is 2.13. The molecule has 1 unspecified atom stereocenters. The van der Waals surface area contributed by atoms with E-state index in [1.54, 1.807) is 0 Å². The van der Waals surface area contributed by atoms with Crippen molar-refractivity contribution in [3.8, 4) is 0 Å². The molecule has 2 rings (SSSR count). The maximum absolute atomic E-state index is 5.60. The highest BCUT2D eigenvalue weighted by molar-refractivity contribution is 5.37. The highest BCUT2D eigenvalue weighted by Gasteiger charge is 2.21. The Kier molecular flexibility index (Phi) is 3.22. The fourth-order valence-corrected chi connectivity index (χ4v) is 2.54. The zero-order valence-corrected chi connectivity index (χ0v) is 9.21. The molecule has 0 aromatic heterocycles. The number of nitrogens with two attached hydrogens (primary N) is 1. The van der Waals surface area contributed by atoms with Gasteiger partial charge in [0, 0.05) is 5.92 Å². The molecule has 2 N–H and O–H groups in total. The van der Waals surface area contributed by atoms with Crippen LogP contribution >= 0.6 is 0 Å². The van der Waals surface area contributed by atoms with E-state index in [-0.39, 0.29) is 0 Å². The topological polar surface area (TPSA) is 26.0 Å². The first kappa shape index (κ1) is 10.4. The van der Waals surface area contributed by atoms with Crippen molar-refractivity contribution in [3.63, 3.8) is 0 Å². The van der Waals surface area contributed by atoms with Gasteiger partial charge in [-0.1, -0.05) is 36.4 Å². The molecule has 1 aliphatic carbocycles. The largest absolute Gasteiger partial charge is 0.330 e. The summed E-state index contributed by atoms with van der Waals surface area (Å²) in [6.45, 7) is 4.91. The maximum atomic E-state index is 5.60. The molecule has 0 saturated heterocycles. The summed E-state index contributed by atoms with van der Waals surface area (Å²) < 4.78 is 0. The summed E-state index contributed by atoms with van der Waals surface area (Å²) in [6.07, 6.45) is 4.71. The van der Waals surface area contributed by atoms with Crippen molar-refractivity contribution < 1.29 is 0 Å². The van der Waals surface area contributed by atoms with Crippen LogP contribution in [0.4, 0.5) is 0 Å². The third-order valence-electron chi connectivity index (χ3n) is 3.33. The Labute approximate surface area is 92.0 Å². The molecule has 0 bridgehead atoms. The van der Waals surface area contributed by atoms with Crippen molar-refractivity contribution in [3.05, 3.63) is 47.5 Å². The molecule has 15 heavy (non-hydrogen) atoms. The molecule has 0 amide bonds. The summed E-state index contributed by atoms with van der Waals surface area (Å²) in [5.74, 6) is 0.554. The van der Waals surface area contributed by atoms with E-state index in [0.717, 1.165) is 13.0 Å². The second kappa shape index (κ2) is 4.63. The van der Waals surface area contributed by atoms with Gasteiger partial charge < -0.3 is 5.73 Å². The van der Waals surface area contributed by atoms with Gasteiger partial charge in [0.1, 0.15) is 0 Å². The molecule has 1 nitrogen and oxygen atoms in total. The highest BCUT2D eigenvalue weighted by atomic mass is 14.5. The number of benzene rings is 1. The molecule has 1 aliphatic rings. The predicted octanol–water partition coefficient (Wildman–Crippen LogP) is 3.01. The van der Waals surface area contributed by atoms with Crippen LogP contribution in [0.5, 0.6) is 0 Å². The van der Waals surface area contributed by atoms with E-state index >= 15 is 0 Å². The van der Waals surface area contributed by atoms with Crippen molar-refractivity contribution in [2.75, 3.05) is 6.54 Å². The van der Waals surface area contributed by atoms with E-state index in [0.29, 0.717) is 5.92 Å². The summed E-state index contributed by atoms with van der Waals surface area (Å²) in [4.78, 5) is 0. The fourth-order valence-electron chi connectivity index (χ4n) is 2.54. The van der Waals surface area contributed by atoms with Crippen LogP contribution in [0.3, 0.4) is 0 Å². The van der Waals surface area contributed by atoms with Gasteiger partial charge in [-0.2, -0.15) is 0 Å². The van der Waals surface area contributed by atoms with Crippen LogP contribution in [0.2, 0.25) is 0 Å². The standard InChI is InChI=1S/C14H19N/c1-11(9-10-15)13-8-4-6-12-5-2-3-7-14(12)13/h2-3,5,7,13H,1,4,6,8-10,15H2. The minimum Gasteiger partial charge on any atom is -0.330 e. The van der Waals surface area contributed by atoms with E-state index in [1.165, 1.54) is 36.0 Å². The average Bonchev–Trinajstić information content (AvgIpc) is 2.28. The molecular weight excluding hydrogens is 182 g/mol. The molecule has 0 aliphatic heterocycles. The van der Waals surface area contributed by atoms with Gasteiger partial charge in [-0.05, 0) is 43.4 Å². The smallest absolute Gasteiger partial charge is 0.00488 e. The highest BCUT2D eigenvalue weighted by Crippen LogP contribution is 2.36. The molecule has 0 heterocycles. The Morgan fingerprint density at radius 1 is 1.40 bits per heavy atom. The molecule has 0 spiro atoms. The number of rotatable bonds is 3. The second-order valence-corrected chi connectivity index (χ2v) is 4.34. The monoisotopic (exact) mass is 201 g/mol. The van der Waals surface area contributed by atoms with Crippen molar-refractivity contribution in [1.29, 1.82) is 0 Å². The number of aryl methyl sites for hydroxylation is 1. The van der Waals surface area contributed by atoms with Gasteiger partial charge in [0.25, 0.3) is 0 Å². The average molecular weight is 201 g/mol. The molecule has 0 radical (unpaired) electrons. The lowest BCUT2D eigenvalue weighted by Crippen LogP contribution is -2.13. The predicted molar refractivity (Wildman–Crippen MR) is 64.9 cm³/mol. The molecule has 1 aromatic carbocycles. The first-order chi connectivity index (χ1) is 7.33. The number of fused-ring (bicyclic) bond motifs is 1. The van der Waals surface area contributed by atoms with Gasteiger partial charge in [-0.25, -0.2) is 0 Å². The third-order valence-corrected chi connectivity index (χ3v) is 3.33. The summed E-state index contributed by atoms with van der Waals surface area (Å²) in [5.41, 5.74) is 9.90. The van der Waals surface area contributed by atoms with Gasteiger partial charge in [0.2, 0.25) is 0 Å². The first-order valence-electron chi connectivity index (χ1n) is 5.78. The molecule has 0 saturated carbocycles. The lowest BCUT2D eigenvalue weighted by Gasteiger charge is -2.27. The zero-order valence-electron chi connectivity index (χ0n) is 9.21. The Hall–Kier alpha value is -1.08.